The zero-order valence-electron chi connectivity index (χ0n) is 22.3. The fourth-order valence-corrected chi connectivity index (χ4v) is 4.79. The Hall–Kier alpha value is -3.78. The third-order valence-electron chi connectivity index (χ3n) is 6.42. The number of anilines is 1. The first-order valence-electron chi connectivity index (χ1n) is 12.6. The van der Waals surface area contributed by atoms with Crippen molar-refractivity contribution in [3.8, 4) is 0 Å². The predicted octanol–water partition coefficient (Wildman–Crippen LogP) is 2.09. The minimum atomic E-state index is -1.17. The van der Waals surface area contributed by atoms with Crippen molar-refractivity contribution in [2.45, 2.75) is 38.6 Å². The van der Waals surface area contributed by atoms with E-state index in [4.69, 9.17) is 5.11 Å². The van der Waals surface area contributed by atoms with Crippen LogP contribution in [0.5, 0.6) is 0 Å². The van der Waals surface area contributed by atoms with Crippen molar-refractivity contribution < 1.29 is 33.9 Å². The number of benzene rings is 1. The highest BCUT2D eigenvalue weighted by Gasteiger charge is 2.35. The van der Waals surface area contributed by atoms with Gasteiger partial charge in [-0.15, -0.1) is 0 Å². The zero-order chi connectivity index (χ0) is 30.3. The summed E-state index contributed by atoms with van der Waals surface area (Å²) >= 11 is 6.00. The maximum absolute atomic E-state index is 13.0. The Labute approximate surface area is 252 Å². The van der Waals surface area contributed by atoms with Gasteiger partial charge in [0.05, 0.1) is 6.54 Å². The number of amides is 5. The molecule has 0 bridgehead atoms. The number of nitrogens with one attached hydrogen (secondary N) is 3. The molecule has 0 saturated heterocycles. The van der Waals surface area contributed by atoms with Gasteiger partial charge in [-0.05, 0) is 75.0 Å². The smallest absolute Gasteiger partial charge is 0.303 e. The fourth-order valence-electron chi connectivity index (χ4n) is 4.02. The molecule has 1 aromatic heterocycles. The topological polar surface area (TPSA) is 167 Å². The first-order valence-corrected chi connectivity index (χ1v) is 14.2. The summed E-state index contributed by atoms with van der Waals surface area (Å²) in [5.41, 5.74) is 3.65. The number of carbonyl (C=O) groups is 6. The standard InChI is InChI=1S/C27H29Br2N5O7/c1-15-6-7-18(33(15)2)13-16-4-3-5-17(12-16)31-25(39)19(8-9-22(37)38)32-21(36)14-30-20(35)10-11-34-26(40)23(28)24(29)27(34)41/h3-7,12,19H,8-11,13-14H2,1-2H3,(H,30,35)(H,31,39)(H,32,36)(H,37,38)/t19-/m0/s1. The number of aliphatic carboxylic acids is 1. The number of nitrogens with zero attached hydrogens (tertiary/aromatic N) is 2. The molecule has 2 heterocycles. The lowest BCUT2D eigenvalue weighted by Crippen LogP contribution is -2.48. The molecule has 1 aliphatic rings. The lowest BCUT2D eigenvalue weighted by Gasteiger charge is -2.19. The van der Waals surface area contributed by atoms with Crippen molar-refractivity contribution in [1.29, 1.82) is 0 Å². The number of carboxylic acids is 1. The number of hydrogen-bond acceptors (Lipinski definition) is 6. The van der Waals surface area contributed by atoms with E-state index in [1.165, 1.54) is 0 Å². The molecule has 0 aliphatic carbocycles. The molecule has 5 amide bonds. The largest absolute Gasteiger partial charge is 0.481 e. The van der Waals surface area contributed by atoms with Crippen LogP contribution in [0, 0.1) is 6.92 Å². The second-order valence-corrected chi connectivity index (χ2v) is 10.9. The van der Waals surface area contributed by atoms with E-state index in [1.54, 1.807) is 18.2 Å². The van der Waals surface area contributed by atoms with Crippen molar-refractivity contribution in [3.05, 3.63) is 62.3 Å². The summed E-state index contributed by atoms with van der Waals surface area (Å²) in [6.07, 6.45) is -0.140. The summed E-state index contributed by atoms with van der Waals surface area (Å²) in [5.74, 6) is -4.22. The molecule has 1 atom stereocenters. The van der Waals surface area contributed by atoms with Gasteiger partial charge in [0.25, 0.3) is 11.8 Å². The molecule has 218 valence electrons. The average molecular weight is 695 g/mol. The van der Waals surface area contributed by atoms with Gasteiger partial charge in [0.2, 0.25) is 17.7 Å². The Bertz CT molecular complexity index is 1390. The molecule has 0 radical (unpaired) electrons. The fraction of sp³-hybridized carbons (Fsp3) is 0.333. The normalized spacial score (nSPS) is 13.8. The Balaban J connectivity index is 1.54. The molecule has 0 fully saturated rings. The van der Waals surface area contributed by atoms with Crippen LogP contribution in [0.3, 0.4) is 0 Å². The number of carboxylic acid groups (broad SMARTS) is 1. The van der Waals surface area contributed by atoms with Crippen molar-refractivity contribution in [3.63, 3.8) is 0 Å². The molecule has 1 aliphatic heterocycles. The highest BCUT2D eigenvalue weighted by Crippen LogP contribution is 2.29. The van der Waals surface area contributed by atoms with Gasteiger partial charge in [-0.3, -0.25) is 33.7 Å². The first-order chi connectivity index (χ1) is 19.4. The van der Waals surface area contributed by atoms with E-state index >= 15 is 0 Å². The zero-order valence-corrected chi connectivity index (χ0v) is 25.5. The molecule has 0 saturated carbocycles. The van der Waals surface area contributed by atoms with E-state index in [0.29, 0.717) is 12.1 Å². The monoisotopic (exact) mass is 693 g/mol. The number of imide groups is 1. The van der Waals surface area contributed by atoms with E-state index in [2.05, 4.69) is 52.4 Å². The number of aryl methyl sites for hydroxylation is 1. The number of hydrogen-bond donors (Lipinski definition) is 4. The lowest BCUT2D eigenvalue weighted by atomic mass is 10.1. The second kappa shape index (κ2) is 14.2. The summed E-state index contributed by atoms with van der Waals surface area (Å²) in [5, 5.41) is 16.7. The molecule has 0 unspecified atom stereocenters. The number of rotatable bonds is 13. The van der Waals surface area contributed by atoms with Crippen LogP contribution in [0.2, 0.25) is 0 Å². The van der Waals surface area contributed by atoms with Crippen LogP contribution in [-0.2, 0) is 42.2 Å². The van der Waals surface area contributed by atoms with Gasteiger partial charge in [-0.1, -0.05) is 12.1 Å². The molecule has 4 N–H and O–H groups in total. The highest BCUT2D eigenvalue weighted by atomic mass is 79.9. The van der Waals surface area contributed by atoms with Gasteiger partial charge in [0.1, 0.15) is 15.0 Å². The Kier molecular flexibility index (Phi) is 11.0. The van der Waals surface area contributed by atoms with Crippen LogP contribution >= 0.6 is 31.9 Å². The van der Waals surface area contributed by atoms with Crippen molar-refractivity contribution in [1.82, 2.24) is 20.1 Å². The third kappa shape index (κ3) is 8.60. The molecular weight excluding hydrogens is 666 g/mol. The average Bonchev–Trinajstić information content (AvgIpc) is 3.33. The van der Waals surface area contributed by atoms with Gasteiger partial charge in [-0.2, -0.15) is 0 Å². The SMILES string of the molecule is Cc1ccc(Cc2cccc(NC(=O)[C@H](CCC(=O)O)NC(=O)CNC(=O)CCN3C(=O)C(Br)=C(Br)C3=O)c2)n1C. The van der Waals surface area contributed by atoms with E-state index in [-0.39, 0.29) is 34.8 Å². The van der Waals surface area contributed by atoms with Gasteiger partial charge >= 0.3 is 5.97 Å². The summed E-state index contributed by atoms with van der Waals surface area (Å²) < 4.78 is 2.19. The molecule has 1 aromatic carbocycles. The summed E-state index contributed by atoms with van der Waals surface area (Å²) in [6, 6.07) is 10.1. The van der Waals surface area contributed by atoms with Gasteiger partial charge < -0.3 is 25.6 Å². The van der Waals surface area contributed by atoms with Crippen molar-refractivity contribution in [2.24, 2.45) is 7.05 Å². The summed E-state index contributed by atoms with van der Waals surface area (Å²) in [6.45, 7) is 1.32. The molecule has 12 nitrogen and oxygen atoms in total. The van der Waals surface area contributed by atoms with Crippen molar-refractivity contribution in [2.75, 3.05) is 18.4 Å². The van der Waals surface area contributed by atoms with E-state index in [1.807, 2.05) is 32.2 Å². The van der Waals surface area contributed by atoms with Crippen LogP contribution < -0.4 is 16.0 Å². The van der Waals surface area contributed by atoms with E-state index in [0.717, 1.165) is 21.9 Å². The Morgan fingerprint density at radius 1 is 0.976 bits per heavy atom. The minimum absolute atomic E-state index is 0.0610. The number of aromatic nitrogens is 1. The number of carbonyl (C=O) groups excluding carboxylic acids is 5. The molecule has 0 spiro atoms. The number of halogens is 2. The second-order valence-electron chi connectivity index (χ2n) is 9.36. The Morgan fingerprint density at radius 3 is 2.27 bits per heavy atom. The Morgan fingerprint density at radius 2 is 1.66 bits per heavy atom. The van der Waals surface area contributed by atoms with Gasteiger partial charge in [-0.25, -0.2) is 0 Å². The summed E-state index contributed by atoms with van der Waals surface area (Å²) in [7, 11) is 1.97. The maximum Gasteiger partial charge on any atom is 0.303 e. The predicted molar refractivity (Wildman–Crippen MR) is 156 cm³/mol. The van der Waals surface area contributed by atoms with Crippen LogP contribution in [0.1, 0.15) is 36.2 Å². The summed E-state index contributed by atoms with van der Waals surface area (Å²) in [4.78, 5) is 73.8. The van der Waals surface area contributed by atoms with Crippen molar-refractivity contribution >= 4 is 73.1 Å². The molecule has 3 rings (SSSR count). The van der Waals surface area contributed by atoms with Crippen LogP contribution in [0.25, 0.3) is 0 Å². The van der Waals surface area contributed by atoms with E-state index < -0.39 is 48.1 Å². The molecule has 14 heteroatoms. The van der Waals surface area contributed by atoms with Gasteiger partial charge in [0, 0.05) is 49.9 Å². The highest BCUT2D eigenvalue weighted by molar-refractivity contribution is 9.14. The van der Waals surface area contributed by atoms with Crippen LogP contribution in [-0.4, -0.2) is 69.2 Å². The molecule has 2 aromatic rings. The van der Waals surface area contributed by atoms with Crippen LogP contribution in [0.4, 0.5) is 5.69 Å². The third-order valence-corrected chi connectivity index (χ3v) is 8.43. The van der Waals surface area contributed by atoms with Gasteiger partial charge in [0.15, 0.2) is 0 Å². The first kappa shape index (κ1) is 31.7. The minimum Gasteiger partial charge on any atom is -0.481 e. The molecule has 41 heavy (non-hydrogen) atoms. The molecular formula is C27H29Br2N5O7. The lowest BCUT2D eigenvalue weighted by molar-refractivity contribution is -0.138. The maximum atomic E-state index is 13.0. The van der Waals surface area contributed by atoms with E-state index in [9.17, 15) is 28.8 Å². The van der Waals surface area contributed by atoms with Crippen LogP contribution in [0.15, 0.2) is 45.4 Å². The quantitative estimate of drug-likeness (QED) is 0.233.